The minimum absolute atomic E-state index is 0. The summed E-state index contributed by atoms with van der Waals surface area (Å²) < 4.78 is 0. The molecule has 2 aliphatic heterocycles. The first kappa shape index (κ1) is 16.5. The standard InChI is InChI=1S/C11H22N2O.2ClH/c1-11(2)10(5-6-12-11)13-7-3-4-9(14)8-13;;/h9-10,12,14H,3-8H2,1-2H3;2*1H. The molecular weight excluding hydrogens is 247 g/mol. The van der Waals surface area contributed by atoms with E-state index in [1.807, 2.05) is 0 Å². The number of nitrogens with one attached hydrogen (secondary N) is 1. The molecule has 0 aromatic heterocycles. The molecule has 0 aliphatic carbocycles. The Labute approximate surface area is 111 Å². The Morgan fingerprint density at radius 3 is 2.44 bits per heavy atom. The van der Waals surface area contributed by atoms with Crippen molar-refractivity contribution < 1.29 is 5.11 Å². The largest absolute Gasteiger partial charge is 0.392 e. The van der Waals surface area contributed by atoms with Crippen molar-refractivity contribution in [3.8, 4) is 0 Å². The van der Waals surface area contributed by atoms with Gasteiger partial charge in [0.25, 0.3) is 0 Å². The summed E-state index contributed by atoms with van der Waals surface area (Å²) in [6.07, 6.45) is 3.25. The van der Waals surface area contributed by atoms with Gasteiger partial charge in [-0.1, -0.05) is 0 Å². The van der Waals surface area contributed by atoms with Gasteiger partial charge in [-0.25, -0.2) is 0 Å². The molecule has 3 nitrogen and oxygen atoms in total. The maximum atomic E-state index is 9.65. The van der Waals surface area contributed by atoms with E-state index in [1.165, 1.54) is 6.42 Å². The van der Waals surface area contributed by atoms with Gasteiger partial charge in [-0.05, 0) is 46.2 Å². The zero-order chi connectivity index (χ0) is 10.2. The van der Waals surface area contributed by atoms with Crippen LogP contribution in [0.2, 0.25) is 0 Å². The van der Waals surface area contributed by atoms with Crippen LogP contribution in [0.5, 0.6) is 0 Å². The quantitative estimate of drug-likeness (QED) is 0.757. The van der Waals surface area contributed by atoms with Gasteiger partial charge in [0.1, 0.15) is 0 Å². The number of hydrogen-bond acceptors (Lipinski definition) is 3. The molecule has 0 saturated carbocycles. The lowest BCUT2D eigenvalue weighted by Crippen LogP contribution is -2.54. The van der Waals surface area contributed by atoms with Crippen molar-refractivity contribution in [3.63, 3.8) is 0 Å². The van der Waals surface area contributed by atoms with E-state index in [1.54, 1.807) is 0 Å². The number of aliphatic hydroxyl groups excluding tert-OH is 1. The van der Waals surface area contributed by atoms with Crippen molar-refractivity contribution in [2.75, 3.05) is 19.6 Å². The van der Waals surface area contributed by atoms with Gasteiger partial charge in [-0.3, -0.25) is 4.90 Å². The molecule has 0 aromatic rings. The van der Waals surface area contributed by atoms with Crippen molar-refractivity contribution in [2.24, 2.45) is 0 Å². The van der Waals surface area contributed by atoms with Crippen LogP contribution in [0.4, 0.5) is 0 Å². The van der Waals surface area contributed by atoms with Gasteiger partial charge in [0.15, 0.2) is 0 Å². The van der Waals surface area contributed by atoms with Crippen LogP contribution in [0.3, 0.4) is 0 Å². The summed E-state index contributed by atoms with van der Waals surface area (Å²) in [5, 5.41) is 13.2. The van der Waals surface area contributed by atoms with Crippen LogP contribution in [0, 0.1) is 0 Å². The number of β-amino-alcohol motifs (C(OH)–C–C–N with tert-alkyl or cyclic N) is 1. The molecule has 0 aromatic carbocycles. The normalized spacial score (nSPS) is 33.9. The van der Waals surface area contributed by atoms with Crippen LogP contribution >= 0.6 is 24.8 Å². The van der Waals surface area contributed by atoms with E-state index in [-0.39, 0.29) is 36.5 Å². The maximum absolute atomic E-state index is 9.65. The number of piperidine rings is 1. The highest BCUT2D eigenvalue weighted by Crippen LogP contribution is 2.26. The van der Waals surface area contributed by atoms with Crippen molar-refractivity contribution in [1.29, 1.82) is 0 Å². The van der Waals surface area contributed by atoms with Crippen molar-refractivity contribution in [3.05, 3.63) is 0 Å². The molecule has 98 valence electrons. The molecule has 2 aliphatic rings. The minimum atomic E-state index is -0.0971. The average molecular weight is 271 g/mol. The van der Waals surface area contributed by atoms with Crippen molar-refractivity contribution in [1.82, 2.24) is 10.2 Å². The van der Waals surface area contributed by atoms with Gasteiger partial charge >= 0.3 is 0 Å². The lowest BCUT2D eigenvalue weighted by Gasteiger charge is -2.40. The van der Waals surface area contributed by atoms with E-state index >= 15 is 0 Å². The van der Waals surface area contributed by atoms with Gasteiger partial charge < -0.3 is 10.4 Å². The Morgan fingerprint density at radius 1 is 1.25 bits per heavy atom. The van der Waals surface area contributed by atoms with E-state index in [4.69, 9.17) is 0 Å². The fourth-order valence-corrected chi connectivity index (χ4v) is 2.92. The summed E-state index contributed by atoms with van der Waals surface area (Å²) in [6.45, 7) is 7.68. The number of nitrogens with zero attached hydrogens (tertiary/aromatic N) is 1. The first-order valence-electron chi connectivity index (χ1n) is 5.77. The zero-order valence-electron chi connectivity index (χ0n) is 10.1. The third kappa shape index (κ3) is 3.47. The number of aliphatic hydroxyl groups is 1. The summed E-state index contributed by atoms with van der Waals surface area (Å²) in [7, 11) is 0. The first-order valence-corrected chi connectivity index (χ1v) is 5.77. The van der Waals surface area contributed by atoms with Gasteiger partial charge in [-0.15, -0.1) is 24.8 Å². The second kappa shape index (κ2) is 6.41. The van der Waals surface area contributed by atoms with Crippen LogP contribution in [0.15, 0.2) is 0 Å². The van der Waals surface area contributed by atoms with Crippen LogP contribution in [0.25, 0.3) is 0 Å². The minimum Gasteiger partial charge on any atom is -0.392 e. The Hall–Kier alpha value is 0.460. The monoisotopic (exact) mass is 270 g/mol. The lowest BCUT2D eigenvalue weighted by molar-refractivity contribution is 0.0328. The molecule has 0 radical (unpaired) electrons. The molecule has 0 spiro atoms. The highest BCUT2D eigenvalue weighted by Gasteiger charge is 2.39. The number of rotatable bonds is 1. The summed E-state index contributed by atoms with van der Waals surface area (Å²) in [5.41, 5.74) is 0.219. The van der Waals surface area contributed by atoms with Crippen molar-refractivity contribution in [2.45, 2.75) is 50.8 Å². The molecule has 0 bridgehead atoms. The van der Waals surface area contributed by atoms with Crippen LogP contribution < -0.4 is 5.32 Å². The van der Waals surface area contributed by atoms with E-state index < -0.39 is 0 Å². The smallest absolute Gasteiger partial charge is 0.0667 e. The highest BCUT2D eigenvalue weighted by molar-refractivity contribution is 5.85. The number of halogens is 2. The van der Waals surface area contributed by atoms with E-state index in [0.29, 0.717) is 6.04 Å². The van der Waals surface area contributed by atoms with E-state index in [2.05, 4.69) is 24.1 Å². The second-order valence-corrected chi connectivity index (χ2v) is 5.24. The SMILES string of the molecule is CC1(C)NCCC1N1CCCC(O)C1.Cl.Cl. The van der Waals surface area contributed by atoms with Gasteiger partial charge in [0.2, 0.25) is 0 Å². The third-order valence-corrected chi connectivity index (χ3v) is 3.70. The molecule has 16 heavy (non-hydrogen) atoms. The van der Waals surface area contributed by atoms with Gasteiger partial charge in [-0.2, -0.15) is 0 Å². The number of likely N-dealkylation sites (tertiary alicyclic amines) is 1. The Kier molecular flexibility index (Phi) is 6.59. The third-order valence-electron chi connectivity index (χ3n) is 3.70. The molecule has 2 fully saturated rings. The van der Waals surface area contributed by atoms with E-state index in [9.17, 15) is 5.11 Å². The van der Waals surface area contributed by atoms with Gasteiger partial charge in [0, 0.05) is 18.1 Å². The summed E-state index contributed by atoms with van der Waals surface area (Å²) >= 11 is 0. The highest BCUT2D eigenvalue weighted by atomic mass is 35.5. The molecule has 2 atom stereocenters. The topological polar surface area (TPSA) is 35.5 Å². The fourth-order valence-electron chi connectivity index (χ4n) is 2.92. The van der Waals surface area contributed by atoms with Crippen LogP contribution in [0.1, 0.15) is 33.1 Å². The summed E-state index contributed by atoms with van der Waals surface area (Å²) in [4.78, 5) is 2.47. The lowest BCUT2D eigenvalue weighted by atomic mass is 9.93. The predicted molar refractivity (Wildman–Crippen MR) is 71.8 cm³/mol. The average Bonchev–Trinajstić information content (AvgIpc) is 2.45. The predicted octanol–water partition coefficient (Wildman–Crippen LogP) is 1.43. The molecule has 0 amide bonds. The van der Waals surface area contributed by atoms with Gasteiger partial charge in [0.05, 0.1) is 6.10 Å². The van der Waals surface area contributed by atoms with Crippen LogP contribution in [-0.2, 0) is 0 Å². The molecular formula is C11H24Cl2N2O. The molecule has 2 N–H and O–H groups in total. The summed E-state index contributed by atoms with van der Waals surface area (Å²) in [6, 6.07) is 0.609. The van der Waals surface area contributed by atoms with Crippen molar-refractivity contribution >= 4 is 24.8 Å². The second-order valence-electron chi connectivity index (χ2n) is 5.24. The molecule has 2 heterocycles. The van der Waals surface area contributed by atoms with Crippen LogP contribution in [-0.4, -0.2) is 47.3 Å². The Morgan fingerprint density at radius 2 is 1.94 bits per heavy atom. The number of hydrogen-bond donors (Lipinski definition) is 2. The first-order chi connectivity index (χ1) is 6.59. The maximum Gasteiger partial charge on any atom is 0.0667 e. The molecule has 5 heteroatoms. The Bertz CT molecular complexity index is 214. The Balaban J connectivity index is 0.00000112. The fraction of sp³-hybridized carbons (Fsp3) is 1.00. The molecule has 2 rings (SSSR count). The summed E-state index contributed by atoms with van der Waals surface area (Å²) in [5.74, 6) is 0. The molecule has 2 saturated heterocycles. The van der Waals surface area contributed by atoms with E-state index in [0.717, 1.165) is 32.5 Å². The molecule has 2 unspecified atom stereocenters. The zero-order valence-corrected chi connectivity index (χ0v) is 11.7.